The van der Waals surface area contributed by atoms with Crippen molar-refractivity contribution >= 4 is 5.91 Å². The third kappa shape index (κ3) is 4.35. The SMILES string of the molecule is Cc1cccc([C@@H](C)NC(=O)CNC2CCCC2)c1. The Morgan fingerprint density at radius 2 is 2.11 bits per heavy atom. The zero-order valence-electron chi connectivity index (χ0n) is 11.9. The summed E-state index contributed by atoms with van der Waals surface area (Å²) < 4.78 is 0. The molecule has 1 amide bonds. The van der Waals surface area contributed by atoms with Gasteiger partial charge in [-0.3, -0.25) is 4.79 Å². The van der Waals surface area contributed by atoms with Gasteiger partial charge in [-0.25, -0.2) is 0 Å². The number of carbonyl (C=O) groups excluding carboxylic acids is 1. The van der Waals surface area contributed by atoms with Crippen molar-refractivity contribution in [2.75, 3.05) is 6.54 Å². The standard InChI is InChI=1S/C16H24N2O/c1-12-6-5-7-14(10-12)13(2)18-16(19)11-17-15-8-3-4-9-15/h5-7,10,13,15,17H,3-4,8-9,11H2,1-2H3,(H,18,19)/t13-/m1/s1. The quantitative estimate of drug-likeness (QED) is 0.854. The van der Waals surface area contributed by atoms with E-state index in [2.05, 4.69) is 35.8 Å². The van der Waals surface area contributed by atoms with Crippen molar-refractivity contribution in [1.82, 2.24) is 10.6 Å². The molecule has 104 valence electrons. The van der Waals surface area contributed by atoms with Gasteiger partial charge in [0.15, 0.2) is 0 Å². The lowest BCUT2D eigenvalue weighted by molar-refractivity contribution is -0.121. The van der Waals surface area contributed by atoms with E-state index in [9.17, 15) is 4.79 Å². The van der Waals surface area contributed by atoms with Crippen molar-refractivity contribution in [3.05, 3.63) is 35.4 Å². The largest absolute Gasteiger partial charge is 0.348 e. The first-order valence-corrected chi connectivity index (χ1v) is 7.24. The Bertz CT molecular complexity index is 425. The van der Waals surface area contributed by atoms with Crippen LogP contribution in [0.15, 0.2) is 24.3 Å². The molecule has 2 N–H and O–H groups in total. The fraction of sp³-hybridized carbons (Fsp3) is 0.562. The summed E-state index contributed by atoms with van der Waals surface area (Å²) >= 11 is 0. The van der Waals surface area contributed by atoms with E-state index in [-0.39, 0.29) is 11.9 Å². The lowest BCUT2D eigenvalue weighted by atomic mass is 10.1. The molecule has 0 aromatic heterocycles. The number of hydrogen-bond donors (Lipinski definition) is 2. The Labute approximate surface area is 115 Å². The predicted octanol–water partition coefficient (Wildman–Crippen LogP) is 2.70. The Balaban J connectivity index is 1.77. The van der Waals surface area contributed by atoms with Gasteiger partial charge in [-0.2, -0.15) is 0 Å². The van der Waals surface area contributed by atoms with Crippen molar-refractivity contribution in [3.8, 4) is 0 Å². The second-order valence-corrected chi connectivity index (χ2v) is 5.57. The summed E-state index contributed by atoms with van der Waals surface area (Å²) in [6.07, 6.45) is 5.00. The number of rotatable bonds is 5. The van der Waals surface area contributed by atoms with E-state index in [4.69, 9.17) is 0 Å². The molecule has 1 aromatic carbocycles. The molecule has 0 aliphatic heterocycles. The van der Waals surface area contributed by atoms with Crippen LogP contribution in [0.2, 0.25) is 0 Å². The summed E-state index contributed by atoms with van der Waals surface area (Å²) in [7, 11) is 0. The van der Waals surface area contributed by atoms with Crippen LogP contribution in [-0.4, -0.2) is 18.5 Å². The van der Waals surface area contributed by atoms with Gasteiger partial charge in [0.25, 0.3) is 0 Å². The zero-order valence-corrected chi connectivity index (χ0v) is 11.9. The van der Waals surface area contributed by atoms with Crippen LogP contribution in [0.4, 0.5) is 0 Å². The first-order chi connectivity index (χ1) is 9.15. The summed E-state index contributed by atoms with van der Waals surface area (Å²) in [5.41, 5.74) is 2.39. The van der Waals surface area contributed by atoms with E-state index in [1.54, 1.807) is 0 Å². The summed E-state index contributed by atoms with van der Waals surface area (Å²) in [5, 5.41) is 6.38. The number of hydrogen-bond acceptors (Lipinski definition) is 2. The molecular weight excluding hydrogens is 236 g/mol. The van der Waals surface area contributed by atoms with Gasteiger partial charge in [0.1, 0.15) is 0 Å². The predicted molar refractivity (Wildman–Crippen MR) is 78.0 cm³/mol. The maximum absolute atomic E-state index is 11.9. The second-order valence-electron chi connectivity index (χ2n) is 5.57. The lowest BCUT2D eigenvalue weighted by Gasteiger charge is -2.17. The molecule has 1 aliphatic rings. The van der Waals surface area contributed by atoms with E-state index in [1.165, 1.54) is 31.2 Å². The highest BCUT2D eigenvalue weighted by Gasteiger charge is 2.16. The van der Waals surface area contributed by atoms with Gasteiger partial charge in [-0.15, -0.1) is 0 Å². The van der Waals surface area contributed by atoms with Crippen molar-refractivity contribution in [1.29, 1.82) is 0 Å². The summed E-state index contributed by atoms with van der Waals surface area (Å²) in [4.78, 5) is 11.9. The molecule has 3 nitrogen and oxygen atoms in total. The maximum Gasteiger partial charge on any atom is 0.234 e. The molecule has 0 unspecified atom stereocenters. The number of aryl methyl sites for hydroxylation is 1. The molecule has 0 radical (unpaired) electrons. The molecule has 3 heteroatoms. The van der Waals surface area contributed by atoms with Crippen molar-refractivity contribution in [2.45, 2.75) is 51.6 Å². The average molecular weight is 260 g/mol. The van der Waals surface area contributed by atoms with Crippen LogP contribution in [0.5, 0.6) is 0 Å². The van der Waals surface area contributed by atoms with Gasteiger partial charge < -0.3 is 10.6 Å². The molecule has 19 heavy (non-hydrogen) atoms. The van der Waals surface area contributed by atoms with E-state index in [0.717, 1.165) is 5.56 Å². The van der Waals surface area contributed by atoms with Crippen LogP contribution < -0.4 is 10.6 Å². The molecule has 0 saturated heterocycles. The average Bonchev–Trinajstić information content (AvgIpc) is 2.89. The summed E-state index contributed by atoms with van der Waals surface area (Å²) in [6, 6.07) is 8.89. The van der Waals surface area contributed by atoms with Gasteiger partial charge in [0.2, 0.25) is 5.91 Å². The lowest BCUT2D eigenvalue weighted by Crippen LogP contribution is -2.39. The van der Waals surface area contributed by atoms with Gasteiger partial charge in [0, 0.05) is 6.04 Å². The van der Waals surface area contributed by atoms with Crippen LogP contribution in [0.3, 0.4) is 0 Å². The normalized spacial score (nSPS) is 17.4. The Morgan fingerprint density at radius 1 is 1.37 bits per heavy atom. The summed E-state index contributed by atoms with van der Waals surface area (Å²) in [6.45, 7) is 4.53. The van der Waals surface area contributed by atoms with Gasteiger partial charge in [0.05, 0.1) is 12.6 Å². The number of benzene rings is 1. The van der Waals surface area contributed by atoms with Crippen molar-refractivity contribution in [2.24, 2.45) is 0 Å². The van der Waals surface area contributed by atoms with Crippen LogP contribution in [-0.2, 0) is 4.79 Å². The molecular formula is C16H24N2O. The van der Waals surface area contributed by atoms with E-state index in [1.807, 2.05) is 13.0 Å². The second kappa shape index (κ2) is 6.71. The molecule has 1 atom stereocenters. The minimum Gasteiger partial charge on any atom is -0.348 e. The van der Waals surface area contributed by atoms with Gasteiger partial charge >= 0.3 is 0 Å². The third-order valence-corrected chi connectivity index (χ3v) is 3.83. The van der Waals surface area contributed by atoms with Crippen LogP contribution >= 0.6 is 0 Å². The number of carbonyl (C=O) groups is 1. The minimum absolute atomic E-state index is 0.0674. The zero-order chi connectivity index (χ0) is 13.7. The van der Waals surface area contributed by atoms with Gasteiger partial charge in [-0.1, -0.05) is 42.7 Å². The molecule has 0 bridgehead atoms. The number of nitrogens with one attached hydrogen (secondary N) is 2. The Morgan fingerprint density at radius 3 is 2.79 bits per heavy atom. The molecule has 1 aromatic rings. The highest BCUT2D eigenvalue weighted by molar-refractivity contribution is 5.78. The van der Waals surface area contributed by atoms with Crippen LogP contribution in [0, 0.1) is 6.92 Å². The number of amides is 1. The third-order valence-electron chi connectivity index (χ3n) is 3.83. The fourth-order valence-electron chi connectivity index (χ4n) is 2.68. The minimum atomic E-state index is 0.0674. The fourth-order valence-corrected chi connectivity index (χ4v) is 2.68. The van der Waals surface area contributed by atoms with Crippen LogP contribution in [0.25, 0.3) is 0 Å². The Kier molecular flexibility index (Phi) is 4.97. The van der Waals surface area contributed by atoms with E-state index < -0.39 is 0 Å². The van der Waals surface area contributed by atoms with E-state index in [0.29, 0.717) is 12.6 Å². The van der Waals surface area contributed by atoms with Gasteiger partial charge in [-0.05, 0) is 32.3 Å². The highest BCUT2D eigenvalue weighted by Crippen LogP contribution is 2.17. The molecule has 1 saturated carbocycles. The maximum atomic E-state index is 11.9. The topological polar surface area (TPSA) is 41.1 Å². The van der Waals surface area contributed by atoms with Crippen LogP contribution in [0.1, 0.15) is 49.8 Å². The van der Waals surface area contributed by atoms with Crippen molar-refractivity contribution < 1.29 is 4.79 Å². The molecule has 1 aliphatic carbocycles. The van der Waals surface area contributed by atoms with E-state index >= 15 is 0 Å². The highest BCUT2D eigenvalue weighted by atomic mass is 16.1. The van der Waals surface area contributed by atoms with Crippen molar-refractivity contribution in [3.63, 3.8) is 0 Å². The Hall–Kier alpha value is -1.35. The smallest absolute Gasteiger partial charge is 0.234 e. The molecule has 0 spiro atoms. The monoisotopic (exact) mass is 260 g/mol. The molecule has 2 rings (SSSR count). The first-order valence-electron chi connectivity index (χ1n) is 7.24. The summed E-state index contributed by atoms with van der Waals surface area (Å²) in [5.74, 6) is 0.0842. The molecule has 1 fully saturated rings. The molecule has 0 heterocycles. The first kappa shape index (κ1) is 14.1.